The van der Waals surface area contributed by atoms with Gasteiger partial charge in [0.2, 0.25) is 5.91 Å². The predicted molar refractivity (Wildman–Crippen MR) is 78.3 cm³/mol. The maximum atomic E-state index is 12.3. The summed E-state index contributed by atoms with van der Waals surface area (Å²) in [5, 5.41) is 3.01. The molecule has 0 aromatic heterocycles. The average molecular weight is 274 g/mol. The molecule has 0 heterocycles. The topological polar surface area (TPSA) is 55.1 Å². The zero-order valence-electron chi connectivity index (χ0n) is 10.8. The number of rotatable bonds is 5. The summed E-state index contributed by atoms with van der Waals surface area (Å²) in [4.78, 5) is 12.6. The number of amides is 1. The van der Waals surface area contributed by atoms with Crippen LogP contribution in [0.15, 0.2) is 0 Å². The van der Waals surface area contributed by atoms with Gasteiger partial charge in [0.15, 0.2) is 0 Å². The molecule has 0 spiro atoms. The van der Waals surface area contributed by atoms with Crippen molar-refractivity contribution in [2.75, 3.05) is 12.8 Å². The second-order valence-electron chi connectivity index (χ2n) is 5.30. The van der Waals surface area contributed by atoms with Crippen molar-refractivity contribution in [2.24, 2.45) is 11.1 Å². The summed E-state index contributed by atoms with van der Waals surface area (Å²) in [6, 6.07) is 0. The van der Waals surface area contributed by atoms with E-state index in [1.54, 1.807) is 11.8 Å². The van der Waals surface area contributed by atoms with Crippen molar-refractivity contribution < 1.29 is 4.79 Å². The molecule has 0 aliphatic heterocycles. The van der Waals surface area contributed by atoms with E-state index in [2.05, 4.69) is 19.2 Å². The van der Waals surface area contributed by atoms with Gasteiger partial charge in [-0.25, -0.2) is 0 Å². The molecule has 3 nitrogen and oxygen atoms in total. The van der Waals surface area contributed by atoms with E-state index in [4.69, 9.17) is 18.0 Å². The number of nitrogens with two attached hydrogens (primary N) is 1. The maximum absolute atomic E-state index is 12.3. The highest BCUT2D eigenvalue weighted by Crippen LogP contribution is 2.38. The van der Waals surface area contributed by atoms with Gasteiger partial charge in [-0.15, -0.1) is 0 Å². The van der Waals surface area contributed by atoms with Crippen molar-refractivity contribution in [1.82, 2.24) is 5.32 Å². The van der Waals surface area contributed by atoms with Crippen molar-refractivity contribution in [3.63, 3.8) is 0 Å². The Morgan fingerprint density at radius 2 is 2.00 bits per heavy atom. The van der Waals surface area contributed by atoms with Crippen LogP contribution in [0, 0.1) is 5.41 Å². The molecule has 0 atom stereocenters. The fourth-order valence-corrected chi connectivity index (χ4v) is 2.61. The first-order valence-electron chi connectivity index (χ1n) is 5.97. The van der Waals surface area contributed by atoms with E-state index in [1.165, 1.54) is 0 Å². The Balaban J connectivity index is 2.65. The molecule has 0 aromatic carbocycles. The van der Waals surface area contributed by atoms with Gasteiger partial charge in [-0.05, 0) is 32.9 Å². The smallest absolute Gasteiger partial charge is 0.233 e. The number of thioether (sulfide) groups is 1. The Morgan fingerprint density at radius 3 is 2.41 bits per heavy atom. The summed E-state index contributed by atoms with van der Waals surface area (Å²) < 4.78 is 0.0473. The van der Waals surface area contributed by atoms with Crippen LogP contribution >= 0.6 is 24.0 Å². The molecule has 1 fully saturated rings. The molecule has 1 aliphatic rings. The van der Waals surface area contributed by atoms with Crippen LogP contribution in [0.25, 0.3) is 0 Å². The quantitative estimate of drug-likeness (QED) is 0.754. The van der Waals surface area contributed by atoms with E-state index in [0.29, 0.717) is 11.5 Å². The Labute approximate surface area is 113 Å². The summed E-state index contributed by atoms with van der Waals surface area (Å²) in [6.45, 7) is 4.87. The lowest BCUT2D eigenvalue weighted by molar-refractivity contribution is -0.127. The molecule has 0 unspecified atom stereocenters. The molecule has 98 valence electrons. The summed E-state index contributed by atoms with van der Waals surface area (Å²) in [6.07, 6.45) is 5.72. The Hall–Kier alpha value is -0.290. The van der Waals surface area contributed by atoms with Crippen LogP contribution in [0.2, 0.25) is 0 Å². The van der Waals surface area contributed by atoms with E-state index >= 15 is 0 Å². The lowest BCUT2D eigenvalue weighted by Gasteiger charge is -2.29. The van der Waals surface area contributed by atoms with Crippen LogP contribution in [0.1, 0.15) is 39.5 Å². The Morgan fingerprint density at radius 1 is 1.47 bits per heavy atom. The molecule has 0 saturated heterocycles. The first-order chi connectivity index (χ1) is 7.84. The molecular weight excluding hydrogens is 252 g/mol. The predicted octanol–water partition coefficient (Wildman–Crippen LogP) is 2.09. The van der Waals surface area contributed by atoms with Gasteiger partial charge >= 0.3 is 0 Å². The molecule has 3 N–H and O–H groups in total. The zero-order valence-corrected chi connectivity index (χ0v) is 12.5. The van der Waals surface area contributed by atoms with Gasteiger partial charge < -0.3 is 11.1 Å². The highest BCUT2D eigenvalue weighted by atomic mass is 32.2. The Bertz CT molecular complexity index is 310. The van der Waals surface area contributed by atoms with Crippen molar-refractivity contribution in [3.05, 3.63) is 0 Å². The van der Waals surface area contributed by atoms with Gasteiger partial charge in [0.25, 0.3) is 0 Å². The van der Waals surface area contributed by atoms with Crippen LogP contribution in [-0.4, -0.2) is 28.4 Å². The number of hydrogen-bond donors (Lipinski definition) is 2. The standard InChI is InChI=1S/C12H22N2OS2/c1-11(2,17-3)8-14-10(15)12(9(13)16)6-4-5-7-12/h4-8H2,1-3H3,(H2,13,16)(H,14,15). The van der Waals surface area contributed by atoms with E-state index in [9.17, 15) is 4.79 Å². The second-order valence-corrected chi connectivity index (χ2v) is 7.25. The van der Waals surface area contributed by atoms with Crippen LogP contribution in [-0.2, 0) is 4.79 Å². The van der Waals surface area contributed by atoms with Crippen molar-refractivity contribution in [1.29, 1.82) is 0 Å². The summed E-state index contributed by atoms with van der Waals surface area (Å²) in [5.41, 5.74) is 5.19. The number of carbonyl (C=O) groups excluding carboxylic acids is 1. The van der Waals surface area contributed by atoms with Crippen LogP contribution in [0.3, 0.4) is 0 Å². The van der Waals surface area contributed by atoms with Gasteiger partial charge in [0, 0.05) is 11.3 Å². The molecule has 5 heteroatoms. The van der Waals surface area contributed by atoms with E-state index < -0.39 is 5.41 Å². The third-order valence-electron chi connectivity index (χ3n) is 3.59. The third-order valence-corrected chi connectivity index (χ3v) is 5.23. The second kappa shape index (κ2) is 5.57. The highest BCUT2D eigenvalue weighted by molar-refractivity contribution is 7.99. The summed E-state index contributed by atoms with van der Waals surface area (Å²) in [7, 11) is 0. The van der Waals surface area contributed by atoms with E-state index in [0.717, 1.165) is 25.7 Å². The molecule has 0 aromatic rings. The van der Waals surface area contributed by atoms with Crippen LogP contribution in [0.5, 0.6) is 0 Å². The fourth-order valence-electron chi connectivity index (χ4n) is 2.10. The molecule has 0 radical (unpaired) electrons. The first-order valence-corrected chi connectivity index (χ1v) is 7.61. The highest BCUT2D eigenvalue weighted by Gasteiger charge is 2.44. The minimum atomic E-state index is -0.580. The van der Waals surface area contributed by atoms with Gasteiger partial charge in [-0.1, -0.05) is 25.1 Å². The van der Waals surface area contributed by atoms with Crippen molar-refractivity contribution in [2.45, 2.75) is 44.3 Å². The minimum absolute atomic E-state index is 0.0182. The average Bonchev–Trinajstić information content (AvgIpc) is 2.76. The van der Waals surface area contributed by atoms with Crippen molar-refractivity contribution in [3.8, 4) is 0 Å². The summed E-state index contributed by atoms with van der Waals surface area (Å²) >= 11 is 6.83. The number of hydrogen-bond acceptors (Lipinski definition) is 3. The van der Waals surface area contributed by atoms with E-state index in [-0.39, 0.29) is 10.7 Å². The fraction of sp³-hybridized carbons (Fsp3) is 0.833. The lowest BCUT2D eigenvalue weighted by atomic mass is 9.85. The van der Waals surface area contributed by atoms with Gasteiger partial charge in [-0.3, -0.25) is 4.79 Å². The lowest BCUT2D eigenvalue weighted by Crippen LogP contribution is -2.49. The maximum Gasteiger partial charge on any atom is 0.233 e. The summed E-state index contributed by atoms with van der Waals surface area (Å²) in [5.74, 6) is 0.0182. The SMILES string of the molecule is CSC(C)(C)CNC(=O)C1(C(N)=S)CCCC1. The molecule has 17 heavy (non-hydrogen) atoms. The first kappa shape index (κ1) is 14.8. The molecule has 0 bridgehead atoms. The third kappa shape index (κ3) is 3.35. The molecule has 1 rings (SSSR count). The van der Waals surface area contributed by atoms with Crippen molar-refractivity contribution >= 4 is 34.9 Å². The molecule has 1 saturated carbocycles. The number of nitrogens with one attached hydrogen (secondary N) is 1. The van der Waals surface area contributed by atoms with Gasteiger partial charge in [0.05, 0.1) is 10.4 Å². The van der Waals surface area contributed by atoms with Gasteiger partial charge in [0.1, 0.15) is 0 Å². The van der Waals surface area contributed by atoms with E-state index in [1.807, 2.05) is 6.26 Å². The van der Waals surface area contributed by atoms with Gasteiger partial charge in [-0.2, -0.15) is 11.8 Å². The molecule has 1 aliphatic carbocycles. The zero-order chi connectivity index (χ0) is 13.1. The minimum Gasteiger partial charge on any atom is -0.392 e. The normalized spacial score (nSPS) is 19.0. The molecule has 1 amide bonds. The molecular formula is C12H22N2OS2. The Kier molecular flexibility index (Phi) is 4.84. The largest absolute Gasteiger partial charge is 0.392 e. The van der Waals surface area contributed by atoms with Crippen LogP contribution < -0.4 is 11.1 Å². The number of thiocarbonyl (C=S) groups is 1. The van der Waals surface area contributed by atoms with Crippen LogP contribution in [0.4, 0.5) is 0 Å². The number of carbonyl (C=O) groups is 1. The monoisotopic (exact) mass is 274 g/mol.